The summed E-state index contributed by atoms with van der Waals surface area (Å²) in [7, 11) is 3.18. The topological polar surface area (TPSA) is 82.8 Å². The van der Waals surface area contributed by atoms with Gasteiger partial charge in [0.05, 0.1) is 31.6 Å². The van der Waals surface area contributed by atoms with Gasteiger partial charge in [0.15, 0.2) is 17.3 Å². The summed E-state index contributed by atoms with van der Waals surface area (Å²) in [6, 6.07) is 18.0. The van der Waals surface area contributed by atoms with Crippen LogP contribution in [0.4, 0.5) is 5.69 Å². The number of fused-ring (bicyclic) bond motifs is 1. The van der Waals surface area contributed by atoms with E-state index in [0.717, 1.165) is 16.7 Å². The number of para-hydroxylation sites is 2. The highest BCUT2D eigenvalue weighted by atomic mass is 16.5. The van der Waals surface area contributed by atoms with Crippen LogP contribution < -0.4 is 19.5 Å². The van der Waals surface area contributed by atoms with Gasteiger partial charge < -0.3 is 23.9 Å². The van der Waals surface area contributed by atoms with E-state index in [-0.39, 0.29) is 18.3 Å². The summed E-state index contributed by atoms with van der Waals surface area (Å²) >= 11 is 0. The van der Waals surface area contributed by atoms with Crippen LogP contribution in [0, 0.1) is 0 Å². The van der Waals surface area contributed by atoms with E-state index in [2.05, 4.69) is 10.3 Å². The zero-order valence-electron chi connectivity index (χ0n) is 16.5. The van der Waals surface area contributed by atoms with Crippen molar-refractivity contribution in [3.8, 4) is 17.2 Å². The molecule has 0 aliphatic carbocycles. The van der Waals surface area contributed by atoms with Gasteiger partial charge in [-0.2, -0.15) is 0 Å². The van der Waals surface area contributed by atoms with Crippen LogP contribution in [0.3, 0.4) is 0 Å². The molecular weight excluding hydrogens is 384 g/mol. The van der Waals surface area contributed by atoms with Gasteiger partial charge >= 0.3 is 0 Å². The molecule has 0 saturated carbocycles. The molecular formula is C23H20N2O5. The molecule has 2 aromatic carbocycles. The Labute approximate surface area is 173 Å². The zero-order valence-corrected chi connectivity index (χ0v) is 16.5. The van der Waals surface area contributed by atoms with Gasteiger partial charge in [0, 0.05) is 11.5 Å². The molecule has 4 aromatic rings. The molecule has 2 aromatic heterocycles. The van der Waals surface area contributed by atoms with E-state index in [1.54, 1.807) is 38.6 Å². The number of pyridine rings is 1. The number of ether oxygens (including phenoxy) is 3. The van der Waals surface area contributed by atoms with Gasteiger partial charge in [0.2, 0.25) is 0 Å². The van der Waals surface area contributed by atoms with Crippen LogP contribution in [0.25, 0.3) is 10.9 Å². The van der Waals surface area contributed by atoms with E-state index in [1.165, 1.54) is 0 Å². The minimum Gasteiger partial charge on any atom is -0.497 e. The molecule has 30 heavy (non-hydrogen) atoms. The number of benzene rings is 2. The fraction of sp³-hybridized carbons (Fsp3) is 0.130. The Balaban J connectivity index is 1.42. The summed E-state index contributed by atoms with van der Waals surface area (Å²) in [5.74, 6) is 2.29. The normalized spacial score (nSPS) is 10.6. The molecule has 0 unspecified atom stereocenters. The van der Waals surface area contributed by atoms with Crippen molar-refractivity contribution in [3.05, 3.63) is 78.4 Å². The highest BCUT2D eigenvalue weighted by molar-refractivity contribution is 6.03. The maximum Gasteiger partial charge on any atom is 0.291 e. The van der Waals surface area contributed by atoms with Crippen molar-refractivity contribution in [3.63, 3.8) is 0 Å². The van der Waals surface area contributed by atoms with Crippen LogP contribution in [0.1, 0.15) is 16.3 Å². The molecule has 0 saturated heterocycles. The highest BCUT2D eigenvalue weighted by Gasteiger charge is 2.13. The second kappa shape index (κ2) is 8.57. The van der Waals surface area contributed by atoms with Crippen molar-refractivity contribution >= 4 is 22.5 Å². The predicted octanol–water partition coefficient (Wildman–Crippen LogP) is 4.68. The van der Waals surface area contributed by atoms with E-state index >= 15 is 0 Å². The third-order valence-corrected chi connectivity index (χ3v) is 4.47. The smallest absolute Gasteiger partial charge is 0.291 e. The van der Waals surface area contributed by atoms with Crippen molar-refractivity contribution in [1.29, 1.82) is 0 Å². The molecule has 0 fully saturated rings. The first kappa shape index (κ1) is 19.3. The standard InChI is InChI=1S/C23H20N2O5/c1-27-17-8-7-15-11-16(13-24-19(15)12-17)25-23(26)22-10-9-18(30-22)14-29-21-6-4-3-5-20(21)28-2/h3-13H,14H2,1-2H3,(H,25,26). The molecule has 7 nitrogen and oxygen atoms in total. The van der Waals surface area contributed by atoms with E-state index in [9.17, 15) is 4.79 Å². The van der Waals surface area contributed by atoms with Crippen molar-refractivity contribution in [2.75, 3.05) is 19.5 Å². The third kappa shape index (κ3) is 4.20. The SMILES string of the molecule is COc1ccc2cc(NC(=O)c3ccc(COc4ccccc4OC)o3)cnc2c1. The Morgan fingerprint density at radius 1 is 1.00 bits per heavy atom. The molecule has 1 amide bonds. The van der Waals surface area contributed by atoms with Gasteiger partial charge in [0.1, 0.15) is 18.1 Å². The number of nitrogens with zero attached hydrogens (tertiary/aromatic N) is 1. The lowest BCUT2D eigenvalue weighted by molar-refractivity contribution is 0.0992. The third-order valence-electron chi connectivity index (χ3n) is 4.47. The molecule has 0 spiro atoms. The number of furan rings is 1. The van der Waals surface area contributed by atoms with Crippen LogP contribution in [-0.4, -0.2) is 25.1 Å². The van der Waals surface area contributed by atoms with Crippen LogP contribution in [0.15, 0.2) is 71.3 Å². The average molecular weight is 404 g/mol. The van der Waals surface area contributed by atoms with Gasteiger partial charge in [0.25, 0.3) is 5.91 Å². The highest BCUT2D eigenvalue weighted by Crippen LogP contribution is 2.27. The number of hydrogen-bond acceptors (Lipinski definition) is 6. The fourth-order valence-corrected chi connectivity index (χ4v) is 2.95. The minimum absolute atomic E-state index is 0.174. The molecule has 1 N–H and O–H groups in total. The number of hydrogen-bond donors (Lipinski definition) is 1. The second-order valence-electron chi connectivity index (χ2n) is 6.44. The summed E-state index contributed by atoms with van der Waals surface area (Å²) in [4.78, 5) is 16.9. The van der Waals surface area contributed by atoms with Gasteiger partial charge in [-0.15, -0.1) is 0 Å². The number of amides is 1. The Hall–Kier alpha value is -4.00. The first-order valence-corrected chi connectivity index (χ1v) is 9.26. The largest absolute Gasteiger partial charge is 0.497 e. The first-order chi connectivity index (χ1) is 14.7. The van der Waals surface area contributed by atoms with Crippen LogP contribution in [-0.2, 0) is 6.61 Å². The Bertz CT molecular complexity index is 1190. The van der Waals surface area contributed by atoms with E-state index in [1.807, 2.05) is 42.5 Å². The molecule has 0 atom stereocenters. The average Bonchev–Trinajstić information content (AvgIpc) is 3.26. The van der Waals surface area contributed by atoms with Crippen LogP contribution in [0.2, 0.25) is 0 Å². The van der Waals surface area contributed by atoms with Crippen molar-refractivity contribution in [1.82, 2.24) is 4.98 Å². The predicted molar refractivity (Wildman–Crippen MR) is 112 cm³/mol. The number of anilines is 1. The number of carbonyl (C=O) groups excluding carboxylic acids is 1. The zero-order chi connectivity index (χ0) is 20.9. The number of carbonyl (C=O) groups is 1. The fourth-order valence-electron chi connectivity index (χ4n) is 2.95. The van der Waals surface area contributed by atoms with E-state index in [4.69, 9.17) is 18.6 Å². The van der Waals surface area contributed by atoms with Crippen LogP contribution >= 0.6 is 0 Å². The van der Waals surface area contributed by atoms with E-state index < -0.39 is 0 Å². The Morgan fingerprint density at radius 3 is 2.63 bits per heavy atom. The summed E-state index contributed by atoms with van der Waals surface area (Å²) in [5.41, 5.74) is 1.35. The van der Waals surface area contributed by atoms with Gasteiger partial charge in [-0.25, -0.2) is 0 Å². The molecule has 0 aliphatic rings. The summed E-state index contributed by atoms with van der Waals surface area (Å²) in [6.45, 7) is 0.174. The first-order valence-electron chi connectivity index (χ1n) is 9.26. The van der Waals surface area contributed by atoms with Gasteiger partial charge in [-0.05, 0) is 42.5 Å². The molecule has 7 heteroatoms. The lowest BCUT2D eigenvalue weighted by atomic mass is 10.2. The summed E-state index contributed by atoms with van der Waals surface area (Å²) in [6.07, 6.45) is 1.59. The molecule has 152 valence electrons. The van der Waals surface area contributed by atoms with Gasteiger partial charge in [-0.1, -0.05) is 12.1 Å². The molecule has 0 radical (unpaired) electrons. The lowest BCUT2D eigenvalue weighted by Gasteiger charge is -2.08. The molecule has 4 rings (SSSR count). The van der Waals surface area contributed by atoms with E-state index in [0.29, 0.717) is 22.9 Å². The quantitative estimate of drug-likeness (QED) is 0.482. The Morgan fingerprint density at radius 2 is 1.83 bits per heavy atom. The molecule has 2 heterocycles. The number of aromatic nitrogens is 1. The monoisotopic (exact) mass is 404 g/mol. The number of rotatable bonds is 7. The Kier molecular flexibility index (Phi) is 5.52. The van der Waals surface area contributed by atoms with Crippen molar-refractivity contribution in [2.24, 2.45) is 0 Å². The molecule has 0 bridgehead atoms. The number of nitrogens with one attached hydrogen (secondary N) is 1. The second-order valence-corrected chi connectivity index (χ2v) is 6.44. The maximum atomic E-state index is 12.5. The summed E-state index contributed by atoms with van der Waals surface area (Å²) < 4.78 is 21.8. The number of methoxy groups -OCH3 is 2. The van der Waals surface area contributed by atoms with Gasteiger partial charge in [-0.3, -0.25) is 9.78 Å². The lowest BCUT2D eigenvalue weighted by Crippen LogP contribution is -2.11. The van der Waals surface area contributed by atoms with Crippen molar-refractivity contribution in [2.45, 2.75) is 6.61 Å². The maximum absolute atomic E-state index is 12.5. The minimum atomic E-state index is -0.367. The van der Waals surface area contributed by atoms with Crippen molar-refractivity contribution < 1.29 is 23.4 Å². The summed E-state index contributed by atoms with van der Waals surface area (Å²) in [5, 5.41) is 3.68. The van der Waals surface area contributed by atoms with Crippen LogP contribution in [0.5, 0.6) is 17.2 Å². The molecule has 0 aliphatic heterocycles.